The molecule has 0 fully saturated rings. The zero-order valence-corrected chi connectivity index (χ0v) is 9.62. The van der Waals surface area contributed by atoms with Crippen molar-refractivity contribution >= 4 is 17.1 Å². The number of hydrogen-bond donors (Lipinski definition) is 1. The third kappa shape index (κ3) is 2.03. The Kier molecular flexibility index (Phi) is 3.12. The van der Waals surface area contributed by atoms with Gasteiger partial charge in [-0.2, -0.15) is 0 Å². The maximum atomic E-state index is 11.1. The Balaban J connectivity index is 2.46. The van der Waals surface area contributed by atoms with Gasteiger partial charge in [0.25, 0.3) is 0 Å². The van der Waals surface area contributed by atoms with E-state index in [0.717, 1.165) is 16.1 Å². The number of rotatable bonds is 3. The summed E-state index contributed by atoms with van der Waals surface area (Å²) in [5, 5.41) is 11.7. The highest BCUT2D eigenvalue weighted by molar-refractivity contribution is 7.13. The predicted molar refractivity (Wildman–Crippen MR) is 63.5 cm³/mol. The van der Waals surface area contributed by atoms with Crippen molar-refractivity contribution in [2.24, 2.45) is 0 Å². The molecule has 0 aliphatic heterocycles. The van der Waals surface area contributed by atoms with Gasteiger partial charge in [-0.15, -0.1) is 11.3 Å². The van der Waals surface area contributed by atoms with E-state index in [9.17, 15) is 9.90 Å². The van der Waals surface area contributed by atoms with Crippen LogP contribution in [0.5, 0.6) is 0 Å². The molecule has 82 valence electrons. The Morgan fingerprint density at radius 1 is 1.44 bits per heavy atom. The number of hydrogen-bond acceptors (Lipinski definition) is 4. The summed E-state index contributed by atoms with van der Waals surface area (Å²) >= 11 is 1.42. The lowest BCUT2D eigenvalue weighted by Gasteiger charge is -2.02. The van der Waals surface area contributed by atoms with Gasteiger partial charge in [0, 0.05) is 17.9 Å². The minimum absolute atomic E-state index is 0.0227. The van der Waals surface area contributed by atoms with Crippen molar-refractivity contribution in [1.29, 1.82) is 0 Å². The second kappa shape index (κ2) is 4.55. The fraction of sp³-hybridized carbons (Fsp3) is 0.167. The van der Waals surface area contributed by atoms with Gasteiger partial charge in [0.15, 0.2) is 5.78 Å². The average molecular weight is 233 g/mol. The number of thiazole rings is 1. The maximum Gasteiger partial charge on any atom is 0.178 e. The van der Waals surface area contributed by atoms with Crippen molar-refractivity contribution in [3.63, 3.8) is 0 Å². The van der Waals surface area contributed by atoms with Gasteiger partial charge in [-0.1, -0.05) is 24.3 Å². The largest absolute Gasteiger partial charge is 0.392 e. The molecule has 0 amide bonds. The van der Waals surface area contributed by atoms with Crippen molar-refractivity contribution in [3.8, 4) is 10.6 Å². The number of aromatic nitrogens is 1. The molecule has 0 saturated heterocycles. The van der Waals surface area contributed by atoms with Crippen LogP contribution in [-0.4, -0.2) is 15.9 Å². The zero-order valence-electron chi connectivity index (χ0n) is 8.80. The van der Waals surface area contributed by atoms with Gasteiger partial charge in [0.05, 0.1) is 6.61 Å². The third-order valence-corrected chi connectivity index (χ3v) is 3.16. The number of carbonyl (C=O) groups excluding carboxylic acids is 1. The molecule has 0 aliphatic rings. The Morgan fingerprint density at radius 2 is 2.19 bits per heavy atom. The van der Waals surface area contributed by atoms with E-state index in [1.807, 2.05) is 24.3 Å². The lowest BCUT2D eigenvalue weighted by molar-refractivity contribution is 0.101. The van der Waals surface area contributed by atoms with Crippen LogP contribution in [-0.2, 0) is 6.61 Å². The van der Waals surface area contributed by atoms with Crippen molar-refractivity contribution in [2.75, 3.05) is 0 Å². The standard InChI is InChI=1S/C12H11NO2S/c1-8(15)11-7-16-12(13-11)10-5-3-2-4-9(10)6-14/h2-5,7,14H,6H2,1H3. The van der Waals surface area contributed by atoms with Gasteiger partial charge in [-0.05, 0) is 5.56 Å². The molecule has 3 nitrogen and oxygen atoms in total. The predicted octanol–water partition coefficient (Wildman–Crippen LogP) is 2.51. The highest BCUT2D eigenvalue weighted by Crippen LogP contribution is 2.27. The minimum Gasteiger partial charge on any atom is -0.392 e. The molecule has 16 heavy (non-hydrogen) atoms. The molecule has 0 aliphatic carbocycles. The van der Waals surface area contributed by atoms with Gasteiger partial charge in [0.1, 0.15) is 10.7 Å². The lowest BCUT2D eigenvalue weighted by Crippen LogP contribution is -1.93. The van der Waals surface area contributed by atoms with Crippen LogP contribution >= 0.6 is 11.3 Å². The van der Waals surface area contributed by atoms with Crippen LogP contribution in [0, 0.1) is 0 Å². The van der Waals surface area contributed by atoms with E-state index in [1.54, 1.807) is 5.38 Å². The molecule has 0 spiro atoms. The van der Waals surface area contributed by atoms with E-state index in [1.165, 1.54) is 18.3 Å². The van der Waals surface area contributed by atoms with E-state index in [2.05, 4.69) is 4.98 Å². The van der Waals surface area contributed by atoms with Gasteiger partial charge in [-0.3, -0.25) is 4.79 Å². The Hall–Kier alpha value is -1.52. The zero-order chi connectivity index (χ0) is 11.5. The van der Waals surface area contributed by atoms with Crippen LogP contribution in [0.1, 0.15) is 23.0 Å². The van der Waals surface area contributed by atoms with Crippen LogP contribution in [0.15, 0.2) is 29.6 Å². The molecule has 2 rings (SSSR count). The summed E-state index contributed by atoms with van der Waals surface area (Å²) < 4.78 is 0. The highest BCUT2D eigenvalue weighted by atomic mass is 32.1. The molecule has 0 radical (unpaired) electrons. The van der Waals surface area contributed by atoms with E-state index < -0.39 is 0 Å². The van der Waals surface area contributed by atoms with Crippen LogP contribution in [0.3, 0.4) is 0 Å². The van der Waals surface area contributed by atoms with E-state index in [0.29, 0.717) is 5.69 Å². The third-order valence-electron chi connectivity index (χ3n) is 2.28. The first-order valence-electron chi connectivity index (χ1n) is 4.88. The fourth-order valence-corrected chi connectivity index (χ4v) is 2.35. The second-order valence-corrected chi connectivity index (χ2v) is 4.27. The smallest absolute Gasteiger partial charge is 0.178 e. The highest BCUT2D eigenvalue weighted by Gasteiger charge is 2.10. The van der Waals surface area contributed by atoms with Crippen molar-refractivity contribution in [3.05, 3.63) is 40.9 Å². The summed E-state index contributed by atoms with van der Waals surface area (Å²) in [5.41, 5.74) is 2.20. The van der Waals surface area contributed by atoms with E-state index >= 15 is 0 Å². The normalized spacial score (nSPS) is 10.4. The molecule has 1 N–H and O–H groups in total. The molecule has 0 saturated carbocycles. The van der Waals surface area contributed by atoms with Crippen LogP contribution in [0.25, 0.3) is 10.6 Å². The number of aliphatic hydroxyl groups is 1. The number of carbonyl (C=O) groups is 1. The second-order valence-electron chi connectivity index (χ2n) is 3.41. The fourth-order valence-electron chi connectivity index (χ4n) is 1.43. The Morgan fingerprint density at radius 3 is 2.81 bits per heavy atom. The van der Waals surface area contributed by atoms with Gasteiger partial charge in [-0.25, -0.2) is 4.98 Å². The summed E-state index contributed by atoms with van der Waals surface area (Å²) in [6.07, 6.45) is 0. The number of ketones is 1. The SMILES string of the molecule is CC(=O)c1csc(-c2ccccc2CO)n1. The molecule has 4 heteroatoms. The molecule has 0 atom stereocenters. The quantitative estimate of drug-likeness (QED) is 0.829. The summed E-state index contributed by atoms with van der Waals surface area (Å²) in [4.78, 5) is 15.4. The molecule has 2 aromatic rings. The number of aliphatic hydroxyl groups excluding tert-OH is 1. The van der Waals surface area contributed by atoms with Gasteiger partial charge >= 0.3 is 0 Å². The molecular formula is C12H11NO2S. The van der Waals surface area contributed by atoms with E-state index in [4.69, 9.17) is 0 Å². The maximum absolute atomic E-state index is 11.1. The number of nitrogens with zero attached hydrogens (tertiary/aromatic N) is 1. The van der Waals surface area contributed by atoms with Crippen LogP contribution in [0.4, 0.5) is 0 Å². The monoisotopic (exact) mass is 233 g/mol. The first-order valence-corrected chi connectivity index (χ1v) is 5.76. The van der Waals surface area contributed by atoms with E-state index in [-0.39, 0.29) is 12.4 Å². The van der Waals surface area contributed by atoms with Crippen LogP contribution < -0.4 is 0 Å². The number of Topliss-reactive ketones (excluding diaryl/α,β-unsaturated/α-hetero) is 1. The minimum atomic E-state index is -0.0380. The Labute approximate surface area is 97.4 Å². The van der Waals surface area contributed by atoms with Crippen molar-refractivity contribution < 1.29 is 9.90 Å². The molecule has 0 unspecified atom stereocenters. The molecule has 1 aromatic heterocycles. The molecule has 1 heterocycles. The first kappa shape index (κ1) is 11.0. The van der Waals surface area contributed by atoms with Crippen molar-refractivity contribution in [2.45, 2.75) is 13.5 Å². The lowest BCUT2D eigenvalue weighted by atomic mass is 10.1. The first-order chi connectivity index (χ1) is 7.72. The average Bonchev–Trinajstić information content (AvgIpc) is 2.78. The van der Waals surface area contributed by atoms with Gasteiger partial charge in [0.2, 0.25) is 0 Å². The summed E-state index contributed by atoms with van der Waals surface area (Å²) in [6, 6.07) is 7.51. The van der Waals surface area contributed by atoms with Crippen LogP contribution in [0.2, 0.25) is 0 Å². The summed E-state index contributed by atoms with van der Waals surface area (Å²) in [5.74, 6) is -0.0380. The molecule has 1 aromatic carbocycles. The van der Waals surface area contributed by atoms with Gasteiger partial charge < -0.3 is 5.11 Å². The molecular weight excluding hydrogens is 222 g/mol. The Bertz CT molecular complexity index is 519. The summed E-state index contributed by atoms with van der Waals surface area (Å²) in [6.45, 7) is 1.47. The molecule has 0 bridgehead atoms. The van der Waals surface area contributed by atoms with Crippen molar-refractivity contribution in [1.82, 2.24) is 4.98 Å². The summed E-state index contributed by atoms with van der Waals surface area (Å²) in [7, 11) is 0. The topological polar surface area (TPSA) is 50.2 Å². The number of benzene rings is 1.